The lowest BCUT2D eigenvalue weighted by molar-refractivity contribution is 0.0934. The second-order valence-corrected chi connectivity index (χ2v) is 9.91. The first-order valence-corrected chi connectivity index (χ1v) is 9.99. The monoisotopic (exact) mass is 465 g/mol. The number of carbonyl (C=O) groups is 1. The summed E-state index contributed by atoms with van der Waals surface area (Å²) >= 11 is 16.2. The summed E-state index contributed by atoms with van der Waals surface area (Å²) in [4.78, 5) is 13.6. The van der Waals surface area contributed by atoms with E-state index in [-0.39, 0.29) is 11.9 Å². The number of amides is 1. The molecule has 1 unspecified atom stereocenters. The maximum absolute atomic E-state index is 12.4. The van der Waals surface area contributed by atoms with Crippen LogP contribution < -0.4 is 5.32 Å². The first-order chi connectivity index (χ1) is 10.0. The number of fused-ring (bicyclic) bond motifs is 1. The predicted octanol–water partition coefficient (Wildman–Crippen LogP) is 5.89. The fraction of sp³-hybridized carbons (Fsp3) is 0.214. The molecular weight excluding hydrogens is 458 g/mol. The van der Waals surface area contributed by atoms with E-state index in [0.717, 1.165) is 25.3 Å². The van der Waals surface area contributed by atoms with Crippen molar-refractivity contribution in [2.45, 2.75) is 17.4 Å². The molecule has 1 N–H and O–H groups in total. The number of rotatable bonds is 2. The minimum atomic E-state index is -0.0633. The molecule has 2 heterocycles. The highest BCUT2D eigenvalue weighted by atomic mass is 79.9. The van der Waals surface area contributed by atoms with Gasteiger partial charge in [-0.15, -0.1) is 23.1 Å². The Hall–Kier alpha value is -0.0100. The average Bonchev–Trinajstić information content (AvgIpc) is 2.78. The van der Waals surface area contributed by atoms with Gasteiger partial charge >= 0.3 is 0 Å². The van der Waals surface area contributed by atoms with Gasteiger partial charge in [-0.05, 0) is 68.1 Å². The van der Waals surface area contributed by atoms with Crippen molar-refractivity contribution in [2.75, 3.05) is 5.75 Å². The Balaban J connectivity index is 1.85. The molecule has 1 aliphatic rings. The number of hydrogen-bond acceptors (Lipinski definition) is 3. The molecule has 0 fully saturated rings. The largest absolute Gasteiger partial charge is 0.345 e. The molecule has 0 radical (unpaired) electrons. The first kappa shape index (κ1) is 15.9. The second-order valence-electron chi connectivity index (χ2n) is 4.58. The Morgan fingerprint density at radius 2 is 2.14 bits per heavy atom. The van der Waals surface area contributed by atoms with Crippen LogP contribution in [0.3, 0.4) is 0 Å². The van der Waals surface area contributed by atoms with Crippen molar-refractivity contribution in [2.24, 2.45) is 0 Å². The van der Waals surface area contributed by atoms with Gasteiger partial charge in [0.2, 0.25) is 0 Å². The Morgan fingerprint density at radius 3 is 2.86 bits per heavy atom. The number of thiophene rings is 1. The number of thioether (sulfide) groups is 1. The zero-order valence-electron chi connectivity index (χ0n) is 10.7. The van der Waals surface area contributed by atoms with Crippen LogP contribution in [0.25, 0.3) is 0 Å². The molecule has 1 aliphatic heterocycles. The molecule has 0 spiro atoms. The highest BCUT2D eigenvalue weighted by molar-refractivity contribution is 9.12. The predicted molar refractivity (Wildman–Crippen MR) is 96.7 cm³/mol. The summed E-state index contributed by atoms with van der Waals surface area (Å²) in [5.41, 5.74) is 1.77. The van der Waals surface area contributed by atoms with Crippen molar-refractivity contribution in [1.82, 2.24) is 5.32 Å². The molecule has 0 aliphatic carbocycles. The minimum absolute atomic E-state index is 0.0121. The van der Waals surface area contributed by atoms with Crippen molar-refractivity contribution < 1.29 is 4.79 Å². The van der Waals surface area contributed by atoms with Crippen LogP contribution in [0.2, 0.25) is 5.02 Å². The third-order valence-electron chi connectivity index (χ3n) is 3.22. The molecule has 1 atom stereocenters. The SMILES string of the molecule is O=C(NC1CCSc2ccc(Cl)cc21)c1cc(Br)sc1Br. The molecule has 0 saturated carbocycles. The van der Waals surface area contributed by atoms with E-state index in [0.29, 0.717) is 10.6 Å². The molecule has 2 nitrogen and oxygen atoms in total. The van der Waals surface area contributed by atoms with E-state index < -0.39 is 0 Å². The minimum Gasteiger partial charge on any atom is -0.345 e. The van der Waals surface area contributed by atoms with Crippen molar-refractivity contribution in [3.63, 3.8) is 0 Å². The molecular formula is C14H10Br2ClNOS2. The number of carbonyl (C=O) groups excluding carboxylic acids is 1. The van der Waals surface area contributed by atoms with E-state index in [1.807, 2.05) is 24.3 Å². The van der Waals surface area contributed by atoms with Crippen LogP contribution in [-0.4, -0.2) is 11.7 Å². The third kappa shape index (κ3) is 3.50. The summed E-state index contributed by atoms with van der Waals surface area (Å²) in [5, 5.41) is 3.82. The van der Waals surface area contributed by atoms with Gasteiger partial charge in [-0.2, -0.15) is 0 Å². The van der Waals surface area contributed by atoms with Gasteiger partial charge in [-0.25, -0.2) is 0 Å². The van der Waals surface area contributed by atoms with Crippen LogP contribution in [0.1, 0.15) is 28.4 Å². The maximum Gasteiger partial charge on any atom is 0.253 e. The second kappa shape index (κ2) is 6.62. The zero-order chi connectivity index (χ0) is 15.0. The van der Waals surface area contributed by atoms with Gasteiger partial charge in [0.25, 0.3) is 5.91 Å². The summed E-state index contributed by atoms with van der Waals surface area (Å²) in [6.45, 7) is 0. The zero-order valence-corrected chi connectivity index (χ0v) is 16.2. The van der Waals surface area contributed by atoms with Crippen LogP contribution in [0, 0.1) is 0 Å². The highest BCUT2D eigenvalue weighted by Gasteiger charge is 2.24. The van der Waals surface area contributed by atoms with E-state index in [1.165, 1.54) is 16.2 Å². The molecule has 1 amide bonds. The molecule has 110 valence electrons. The number of halogens is 3. The lowest BCUT2D eigenvalue weighted by atomic mass is 10.0. The quantitative estimate of drug-likeness (QED) is 0.596. The molecule has 1 aromatic carbocycles. The van der Waals surface area contributed by atoms with Crippen LogP contribution in [0.15, 0.2) is 36.7 Å². The lowest BCUT2D eigenvalue weighted by Crippen LogP contribution is -2.30. The summed E-state index contributed by atoms with van der Waals surface area (Å²) in [7, 11) is 0. The van der Waals surface area contributed by atoms with Crippen molar-refractivity contribution in [1.29, 1.82) is 0 Å². The Labute approximate surface area is 152 Å². The number of benzene rings is 1. The van der Waals surface area contributed by atoms with E-state index in [4.69, 9.17) is 11.6 Å². The van der Waals surface area contributed by atoms with Gasteiger partial charge in [-0.1, -0.05) is 11.6 Å². The molecule has 0 bridgehead atoms. The summed E-state index contributed by atoms with van der Waals surface area (Å²) in [5.74, 6) is 0.931. The average molecular weight is 468 g/mol. The van der Waals surface area contributed by atoms with Gasteiger partial charge in [0.15, 0.2) is 0 Å². The smallest absolute Gasteiger partial charge is 0.253 e. The Bertz CT molecular complexity index is 704. The van der Waals surface area contributed by atoms with Gasteiger partial charge < -0.3 is 5.32 Å². The van der Waals surface area contributed by atoms with Gasteiger partial charge in [0.05, 0.1) is 19.2 Å². The van der Waals surface area contributed by atoms with Gasteiger partial charge in [0.1, 0.15) is 0 Å². The van der Waals surface area contributed by atoms with Crippen LogP contribution in [0.4, 0.5) is 0 Å². The standard InChI is InChI=1S/C14H10Br2ClNOS2/c15-12-6-9(13(16)21-12)14(19)18-10-3-4-20-11-2-1-7(17)5-8(10)11/h1-2,5-6,10H,3-4H2,(H,18,19). The molecule has 0 saturated heterocycles. The Kier molecular flexibility index (Phi) is 5.01. The van der Waals surface area contributed by atoms with Crippen molar-refractivity contribution in [3.05, 3.63) is 48.0 Å². The molecule has 1 aromatic heterocycles. The van der Waals surface area contributed by atoms with Crippen LogP contribution in [0.5, 0.6) is 0 Å². The Morgan fingerprint density at radius 1 is 1.33 bits per heavy atom. The molecule has 2 aromatic rings. The fourth-order valence-electron chi connectivity index (χ4n) is 2.25. The topological polar surface area (TPSA) is 29.1 Å². The molecule has 3 rings (SSSR count). The molecule has 7 heteroatoms. The van der Waals surface area contributed by atoms with Gasteiger partial charge in [0, 0.05) is 15.7 Å². The summed E-state index contributed by atoms with van der Waals surface area (Å²) in [6, 6.07) is 7.72. The highest BCUT2D eigenvalue weighted by Crippen LogP contribution is 2.38. The van der Waals surface area contributed by atoms with E-state index >= 15 is 0 Å². The van der Waals surface area contributed by atoms with Crippen molar-refractivity contribution >= 4 is 72.5 Å². The third-order valence-corrected chi connectivity index (χ3v) is 6.91. The fourth-order valence-corrected chi connectivity index (χ4v) is 6.33. The van der Waals surface area contributed by atoms with E-state index in [1.54, 1.807) is 11.8 Å². The van der Waals surface area contributed by atoms with Crippen molar-refractivity contribution in [3.8, 4) is 0 Å². The number of nitrogens with one attached hydrogen (secondary N) is 1. The maximum atomic E-state index is 12.4. The normalized spacial score (nSPS) is 17.4. The van der Waals surface area contributed by atoms with Crippen LogP contribution >= 0.6 is 66.6 Å². The summed E-state index contributed by atoms with van der Waals surface area (Å²) in [6.07, 6.45) is 0.909. The lowest BCUT2D eigenvalue weighted by Gasteiger charge is -2.26. The van der Waals surface area contributed by atoms with Gasteiger partial charge in [-0.3, -0.25) is 4.79 Å². The number of hydrogen-bond donors (Lipinski definition) is 1. The summed E-state index contributed by atoms with van der Waals surface area (Å²) < 4.78 is 1.77. The van der Waals surface area contributed by atoms with E-state index in [2.05, 4.69) is 37.2 Å². The molecule has 21 heavy (non-hydrogen) atoms. The van der Waals surface area contributed by atoms with Crippen LogP contribution in [-0.2, 0) is 0 Å². The first-order valence-electron chi connectivity index (χ1n) is 6.22. The van der Waals surface area contributed by atoms with E-state index in [9.17, 15) is 4.79 Å².